The van der Waals surface area contributed by atoms with Gasteiger partial charge in [0, 0.05) is 6.42 Å². The normalized spacial score (nSPS) is 28.9. The Morgan fingerprint density at radius 1 is 1.25 bits per heavy atom. The number of ketones is 2. The summed E-state index contributed by atoms with van der Waals surface area (Å²) in [5.74, 6) is -2.45. The number of Topliss-reactive ketones (excluding diaryl/α,β-unsaturated/α-hetero) is 2. The first kappa shape index (κ1) is 11.3. The predicted octanol–water partition coefficient (Wildman–Crippen LogP) is 1.41. The van der Waals surface area contributed by atoms with Crippen LogP contribution < -0.4 is 0 Å². The van der Waals surface area contributed by atoms with Crippen molar-refractivity contribution in [3.8, 4) is 0 Å². The van der Waals surface area contributed by atoms with Gasteiger partial charge >= 0.3 is 5.97 Å². The Labute approximate surface area is 94.3 Å². The molecule has 1 atom stereocenters. The molecular formula is C12H16O4. The summed E-state index contributed by atoms with van der Waals surface area (Å²) in [6, 6.07) is 0. The van der Waals surface area contributed by atoms with Crippen molar-refractivity contribution in [2.45, 2.75) is 51.0 Å². The zero-order valence-electron chi connectivity index (χ0n) is 9.45. The molecule has 2 fully saturated rings. The van der Waals surface area contributed by atoms with Gasteiger partial charge < -0.3 is 4.74 Å². The molecule has 4 heteroatoms. The minimum absolute atomic E-state index is 0.225. The van der Waals surface area contributed by atoms with Crippen LogP contribution in [-0.4, -0.2) is 23.1 Å². The Balaban J connectivity index is 2.17. The molecule has 1 aliphatic carbocycles. The van der Waals surface area contributed by atoms with E-state index in [2.05, 4.69) is 0 Å². The molecule has 0 amide bonds. The molecule has 0 aromatic heterocycles. The third-order valence-corrected chi connectivity index (χ3v) is 3.54. The van der Waals surface area contributed by atoms with Crippen LogP contribution in [0.2, 0.25) is 0 Å². The molecule has 1 heterocycles. The summed E-state index contributed by atoms with van der Waals surface area (Å²) in [5.41, 5.74) is -0.585. The van der Waals surface area contributed by atoms with Crippen LogP contribution in [0.4, 0.5) is 0 Å². The lowest BCUT2D eigenvalue weighted by atomic mass is 9.76. The molecule has 1 spiro atoms. The number of carbonyl (C=O) groups is 3. The fourth-order valence-electron chi connectivity index (χ4n) is 2.73. The molecule has 1 unspecified atom stereocenters. The van der Waals surface area contributed by atoms with Gasteiger partial charge in [-0.2, -0.15) is 0 Å². The Morgan fingerprint density at radius 2 is 1.88 bits per heavy atom. The van der Waals surface area contributed by atoms with Gasteiger partial charge in [0.2, 0.25) is 0 Å². The van der Waals surface area contributed by atoms with Crippen LogP contribution in [0, 0.1) is 5.92 Å². The zero-order chi connectivity index (χ0) is 11.8. The van der Waals surface area contributed by atoms with Crippen molar-refractivity contribution in [1.29, 1.82) is 0 Å². The fraction of sp³-hybridized carbons (Fsp3) is 0.750. The van der Waals surface area contributed by atoms with Crippen molar-refractivity contribution in [1.82, 2.24) is 0 Å². The van der Waals surface area contributed by atoms with E-state index < -0.39 is 23.3 Å². The van der Waals surface area contributed by atoms with Gasteiger partial charge in [-0.3, -0.25) is 14.4 Å². The molecule has 0 N–H and O–H groups in total. The van der Waals surface area contributed by atoms with Gasteiger partial charge in [-0.15, -0.1) is 0 Å². The van der Waals surface area contributed by atoms with Gasteiger partial charge in [-0.25, -0.2) is 0 Å². The van der Waals surface area contributed by atoms with Crippen molar-refractivity contribution >= 4 is 17.5 Å². The standard InChI is InChI=1S/C12H16O4/c1-8(13)10-9(14)7-12(16-11(10)15)5-3-2-4-6-12/h10H,2-7H2,1H3. The van der Waals surface area contributed by atoms with Crippen molar-refractivity contribution in [2.75, 3.05) is 0 Å². The van der Waals surface area contributed by atoms with Crippen LogP contribution in [0.5, 0.6) is 0 Å². The minimum atomic E-state index is -1.16. The molecule has 88 valence electrons. The third kappa shape index (κ3) is 1.88. The molecule has 0 radical (unpaired) electrons. The summed E-state index contributed by atoms with van der Waals surface area (Å²) in [7, 11) is 0. The van der Waals surface area contributed by atoms with E-state index in [1.54, 1.807) is 0 Å². The quantitative estimate of drug-likeness (QED) is 0.499. The second kappa shape index (κ2) is 4.00. The number of hydrogen-bond acceptors (Lipinski definition) is 4. The second-order valence-corrected chi connectivity index (χ2v) is 4.85. The Bertz CT molecular complexity index is 319. The Hall–Kier alpha value is -1.19. The van der Waals surface area contributed by atoms with E-state index in [0.29, 0.717) is 0 Å². The average molecular weight is 224 g/mol. The van der Waals surface area contributed by atoms with E-state index >= 15 is 0 Å². The maximum absolute atomic E-state index is 11.8. The van der Waals surface area contributed by atoms with Crippen LogP contribution in [0.3, 0.4) is 0 Å². The lowest BCUT2D eigenvalue weighted by Crippen LogP contribution is -2.50. The third-order valence-electron chi connectivity index (χ3n) is 3.54. The lowest BCUT2D eigenvalue weighted by molar-refractivity contribution is -0.181. The molecule has 4 nitrogen and oxygen atoms in total. The van der Waals surface area contributed by atoms with Crippen LogP contribution in [0.25, 0.3) is 0 Å². The first-order valence-electron chi connectivity index (χ1n) is 5.80. The highest BCUT2D eigenvalue weighted by Crippen LogP contribution is 2.39. The highest BCUT2D eigenvalue weighted by Gasteiger charge is 2.48. The van der Waals surface area contributed by atoms with Crippen molar-refractivity contribution in [2.24, 2.45) is 5.92 Å². The molecule has 1 saturated carbocycles. The molecule has 2 aliphatic rings. The largest absolute Gasteiger partial charge is 0.458 e. The van der Waals surface area contributed by atoms with Crippen LogP contribution in [0.15, 0.2) is 0 Å². The molecule has 16 heavy (non-hydrogen) atoms. The number of hydrogen-bond donors (Lipinski definition) is 0. The van der Waals surface area contributed by atoms with Crippen molar-refractivity contribution in [3.63, 3.8) is 0 Å². The molecular weight excluding hydrogens is 208 g/mol. The van der Waals surface area contributed by atoms with Gasteiger partial charge in [0.1, 0.15) is 5.60 Å². The average Bonchev–Trinajstić information content (AvgIpc) is 2.16. The Morgan fingerprint density at radius 3 is 2.38 bits per heavy atom. The SMILES string of the molecule is CC(=O)C1C(=O)CC2(CCCCC2)OC1=O. The van der Waals surface area contributed by atoms with Crippen LogP contribution >= 0.6 is 0 Å². The lowest BCUT2D eigenvalue weighted by Gasteiger charge is -2.40. The smallest absolute Gasteiger partial charge is 0.324 e. The van der Waals surface area contributed by atoms with E-state index in [4.69, 9.17) is 4.74 Å². The summed E-state index contributed by atoms with van der Waals surface area (Å²) in [5, 5.41) is 0. The molecule has 2 rings (SSSR count). The number of esters is 1. The molecule has 0 bridgehead atoms. The maximum Gasteiger partial charge on any atom is 0.324 e. The highest BCUT2D eigenvalue weighted by atomic mass is 16.6. The van der Waals surface area contributed by atoms with E-state index in [0.717, 1.165) is 32.1 Å². The summed E-state index contributed by atoms with van der Waals surface area (Å²) in [6.07, 6.45) is 4.85. The summed E-state index contributed by atoms with van der Waals surface area (Å²) < 4.78 is 5.38. The predicted molar refractivity (Wildman–Crippen MR) is 55.7 cm³/mol. The van der Waals surface area contributed by atoms with E-state index in [1.807, 2.05) is 0 Å². The summed E-state index contributed by atoms with van der Waals surface area (Å²) in [6.45, 7) is 1.27. The van der Waals surface area contributed by atoms with E-state index in [9.17, 15) is 14.4 Å². The van der Waals surface area contributed by atoms with E-state index in [-0.39, 0.29) is 12.2 Å². The zero-order valence-corrected chi connectivity index (χ0v) is 9.45. The molecule has 0 aromatic carbocycles. The van der Waals surface area contributed by atoms with Gasteiger partial charge in [0.15, 0.2) is 17.5 Å². The number of rotatable bonds is 1. The first-order valence-corrected chi connectivity index (χ1v) is 5.80. The van der Waals surface area contributed by atoms with Gasteiger partial charge in [-0.1, -0.05) is 6.42 Å². The van der Waals surface area contributed by atoms with E-state index in [1.165, 1.54) is 6.92 Å². The number of carbonyl (C=O) groups excluding carboxylic acids is 3. The topological polar surface area (TPSA) is 60.4 Å². The first-order chi connectivity index (χ1) is 7.54. The maximum atomic E-state index is 11.8. The highest BCUT2D eigenvalue weighted by molar-refractivity contribution is 6.17. The second-order valence-electron chi connectivity index (χ2n) is 4.85. The summed E-state index contributed by atoms with van der Waals surface area (Å²) >= 11 is 0. The molecule has 1 aliphatic heterocycles. The van der Waals surface area contributed by atoms with Crippen LogP contribution in [-0.2, 0) is 19.1 Å². The fourth-order valence-corrected chi connectivity index (χ4v) is 2.73. The van der Waals surface area contributed by atoms with Gasteiger partial charge in [0.05, 0.1) is 0 Å². The van der Waals surface area contributed by atoms with Crippen LogP contribution in [0.1, 0.15) is 45.4 Å². The monoisotopic (exact) mass is 224 g/mol. The van der Waals surface area contributed by atoms with Crippen molar-refractivity contribution < 1.29 is 19.1 Å². The molecule has 0 aromatic rings. The minimum Gasteiger partial charge on any atom is -0.458 e. The molecule has 1 saturated heterocycles. The Kier molecular flexibility index (Phi) is 2.82. The number of ether oxygens (including phenoxy) is 1. The van der Waals surface area contributed by atoms with Crippen molar-refractivity contribution in [3.05, 3.63) is 0 Å². The van der Waals surface area contributed by atoms with Gasteiger partial charge in [-0.05, 0) is 32.6 Å². The summed E-state index contributed by atoms with van der Waals surface area (Å²) in [4.78, 5) is 34.6. The van der Waals surface area contributed by atoms with Gasteiger partial charge in [0.25, 0.3) is 0 Å².